The summed E-state index contributed by atoms with van der Waals surface area (Å²) in [4.78, 5) is 25.3. The minimum Gasteiger partial charge on any atom is -0.462 e. The molecule has 0 aromatic carbocycles. The first kappa shape index (κ1) is 51.9. The molecule has 1 aliphatic heterocycles. The first-order chi connectivity index (χ1) is 27.0. The summed E-state index contributed by atoms with van der Waals surface area (Å²) in [5.41, 5.74) is 0. The zero-order valence-corrected chi connectivity index (χ0v) is 35.3. The summed E-state index contributed by atoms with van der Waals surface area (Å²) in [6, 6.07) is 0. The molecule has 12 nitrogen and oxygen atoms in total. The van der Waals surface area contributed by atoms with Gasteiger partial charge in [-0.05, 0) is 44.9 Å². The highest BCUT2D eigenvalue weighted by atomic mass is 32.2. The number of rotatable bonds is 35. The number of carbonyl (C=O) groups is 2. The fourth-order valence-corrected chi connectivity index (χ4v) is 7.09. The van der Waals surface area contributed by atoms with Crippen molar-refractivity contribution >= 4 is 22.1 Å². The Bertz CT molecular complexity index is 1190. The molecule has 0 aliphatic carbocycles. The average Bonchev–Trinajstić information content (AvgIpc) is 3.16. The smallest absolute Gasteiger partial charge is 0.306 e. The van der Waals surface area contributed by atoms with Crippen LogP contribution in [-0.4, -0.2) is 96.0 Å². The van der Waals surface area contributed by atoms with Crippen LogP contribution in [-0.2, 0) is 38.7 Å². The van der Waals surface area contributed by atoms with Crippen LogP contribution in [0.2, 0.25) is 0 Å². The maximum absolute atomic E-state index is 12.8. The molecule has 4 N–H and O–H groups in total. The fraction of sp³-hybridized carbons (Fsp3) is 0.814. The van der Waals surface area contributed by atoms with Gasteiger partial charge in [-0.3, -0.25) is 14.1 Å². The molecular weight excluding hydrogens is 741 g/mol. The minimum absolute atomic E-state index is 0.163. The maximum Gasteiger partial charge on any atom is 0.306 e. The Morgan fingerprint density at radius 2 is 1.12 bits per heavy atom. The van der Waals surface area contributed by atoms with E-state index in [-0.39, 0.29) is 19.4 Å². The third kappa shape index (κ3) is 28.3. The van der Waals surface area contributed by atoms with E-state index in [1.807, 2.05) is 0 Å². The summed E-state index contributed by atoms with van der Waals surface area (Å²) in [6.45, 7) is 3.62. The van der Waals surface area contributed by atoms with Gasteiger partial charge in [-0.2, -0.15) is 8.42 Å². The number of aliphatic hydroxyl groups is 3. The van der Waals surface area contributed by atoms with Crippen LogP contribution in [0.15, 0.2) is 36.5 Å². The number of unbranched alkanes of at least 4 members (excludes halogenated alkanes) is 17. The molecule has 0 spiro atoms. The molecule has 13 heteroatoms. The van der Waals surface area contributed by atoms with Crippen LogP contribution < -0.4 is 0 Å². The highest BCUT2D eigenvalue weighted by Crippen LogP contribution is 2.24. The quantitative estimate of drug-likeness (QED) is 0.0208. The van der Waals surface area contributed by atoms with Crippen molar-refractivity contribution in [3.8, 4) is 0 Å². The molecule has 0 aromatic heterocycles. The second kappa shape index (κ2) is 33.8. The highest BCUT2D eigenvalue weighted by Gasteiger charge is 2.46. The molecule has 0 bridgehead atoms. The van der Waals surface area contributed by atoms with Crippen molar-refractivity contribution in [1.82, 2.24) is 0 Å². The highest BCUT2D eigenvalue weighted by molar-refractivity contribution is 7.85. The largest absolute Gasteiger partial charge is 0.462 e. The van der Waals surface area contributed by atoms with Crippen LogP contribution in [0.25, 0.3) is 0 Å². The predicted octanol–water partition coefficient (Wildman–Crippen LogP) is 8.22. The lowest BCUT2D eigenvalue weighted by Gasteiger charge is -2.40. The topological polar surface area (TPSA) is 186 Å². The molecule has 1 rings (SSSR count). The SMILES string of the molecule is CCC=CCC=CCC=CCCCCCCCC(=O)OCC(COC1OC(CS(=O)(=O)O)C(O)C(O)C1O)OC(=O)CCCCCCCCCCCCCCC. The summed E-state index contributed by atoms with van der Waals surface area (Å²) < 4.78 is 54.0. The standard InChI is InChI=1S/C43H76O12S/c1-3-5-7-9-11-13-15-17-18-20-21-23-25-27-29-31-38(44)52-33-36(34-53-43-42(48)41(47)40(46)37(55-43)35-56(49,50)51)54-39(45)32-30-28-26-24-22-19-16-14-12-10-8-6-4-2/h5,7,11,13,17-18,36-37,40-43,46-48H,3-4,6,8-10,12,14-16,19-35H2,1-2H3,(H,49,50,51). The zero-order valence-electron chi connectivity index (χ0n) is 34.5. The van der Waals surface area contributed by atoms with Crippen molar-refractivity contribution in [3.05, 3.63) is 36.5 Å². The van der Waals surface area contributed by atoms with Crippen LogP contribution in [0.5, 0.6) is 0 Å². The second-order valence-corrected chi connectivity index (χ2v) is 16.5. The lowest BCUT2D eigenvalue weighted by atomic mass is 10.00. The van der Waals surface area contributed by atoms with E-state index >= 15 is 0 Å². The number of aliphatic hydroxyl groups excluding tert-OH is 3. The van der Waals surface area contributed by atoms with Gasteiger partial charge in [-0.25, -0.2) is 0 Å². The molecule has 0 amide bonds. The lowest BCUT2D eigenvalue weighted by Crippen LogP contribution is -2.60. The Balaban J connectivity index is 2.48. The van der Waals surface area contributed by atoms with Crippen LogP contribution in [0.1, 0.15) is 168 Å². The van der Waals surface area contributed by atoms with Crippen LogP contribution >= 0.6 is 0 Å². The molecule has 0 aromatic rings. The molecule has 0 radical (unpaired) electrons. The third-order valence-electron chi connectivity index (χ3n) is 9.73. The molecular formula is C43H76O12S. The van der Waals surface area contributed by atoms with Gasteiger partial charge in [0.25, 0.3) is 10.1 Å². The number of allylic oxidation sites excluding steroid dienone is 6. The third-order valence-corrected chi connectivity index (χ3v) is 10.5. The van der Waals surface area contributed by atoms with Crippen molar-refractivity contribution in [1.29, 1.82) is 0 Å². The van der Waals surface area contributed by atoms with E-state index in [1.165, 1.54) is 57.8 Å². The van der Waals surface area contributed by atoms with E-state index in [0.717, 1.165) is 70.6 Å². The van der Waals surface area contributed by atoms with Crippen molar-refractivity contribution in [2.45, 2.75) is 205 Å². The van der Waals surface area contributed by atoms with Crippen LogP contribution in [0.4, 0.5) is 0 Å². The molecule has 326 valence electrons. The molecule has 1 heterocycles. The molecule has 1 saturated heterocycles. The van der Waals surface area contributed by atoms with Gasteiger partial charge >= 0.3 is 11.9 Å². The van der Waals surface area contributed by atoms with E-state index in [4.69, 9.17) is 18.9 Å². The van der Waals surface area contributed by atoms with Gasteiger partial charge in [0, 0.05) is 12.8 Å². The van der Waals surface area contributed by atoms with Gasteiger partial charge in [0.15, 0.2) is 12.4 Å². The van der Waals surface area contributed by atoms with E-state index < -0.39 is 71.2 Å². The fourth-order valence-electron chi connectivity index (χ4n) is 6.40. The summed E-state index contributed by atoms with van der Waals surface area (Å²) in [7, 11) is -4.60. The lowest BCUT2D eigenvalue weighted by molar-refractivity contribution is -0.297. The van der Waals surface area contributed by atoms with E-state index in [1.54, 1.807) is 0 Å². The van der Waals surface area contributed by atoms with Crippen LogP contribution in [0, 0.1) is 0 Å². The number of hydrogen-bond acceptors (Lipinski definition) is 11. The Kier molecular flexibility index (Phi) is 31.3. The number of carbonyl (C=O) groups excluding carboxylic acids is 2. The number of ether oxygens (including phenoxy) is 4. The first-order valence-electron chi connectivity index (χ1n) is 21.5. The summed E-state index contributed by atoms with van der Waals surface area (Å²) in [5.74, 6) is -2.00. The second-order valence-electron chi connectivity index (χ2n) is 15.0. The molecule has 6 atom stereocenters. The molecule has 1 aliphatic rings. The summed E-state index contributed by atoms with van der Waals surface area (Å²) >= 11 is 0. The Hall–Kier alpha value is -2.13. The number of hydrogen-bond donors (Lipinski definition) is 4. The van der Waals surface area contributed by atoms with E-state index in [9.17, 15) is 37.9 Å². The maximum atomic E-state index is 12.8. The van der Waals surface area contributed by atoms with Crippen molar-refractivity contribution in [2.24, 2.45) is 0 Å². The molecule has 0 saturated carbocycles. The normalized spacial score (nSPS) is 21.0. The van der Waals surface area contributed by atoms with Gasteiger partial charge in [-0.1, -0.05) is 147 Å². The molecule has 6 unspecified atom stereocenters. The molecule has 1 fully saturated rings. The van der Waals surface area contributed by atoms with E-state index in [2.05, 4.69) is 50.3 Å². The van der Waals surface area contributed by atoms with Gasteiger partial charge in [-0.15, -0.1) is 0 Å². The van der Waals surface area contributed by atoms with Gasteiger partial charge < -0.3 is 34.3 Å². The van der Waals surface area contributed by atoms with Crippen molar-refractivity contribution < 1.29 is 56.8 Å². The molecule has 56 heavy (non-hydrogen) atoms. The van der Waals surface area contributed by atoms with Crippen molar-refractivity contribution in [2.75, 3.05) is 19.0 Å². The monoisotopic (exact) mass is 817 g/mol. The Labute approximate surface area is 338 Å². The van der Waals surface area contributed by atoms with Gasteiger partial charge in [0.05, 0.1) is 6.61 Å². The van der Waals surface area contributed by atoms with E-state index in [0.29, 0.717) is 12.8 Å². The number of esters is 2. The van der Waals surface area contributed by atoms with Crippen molar-refractivity contribution in [3.63, 3.8) is 0 Å². The zero-order chi connectivity index (χ0) is 41.3. The first-order valence-corrected chi connectivity index (χ1v) is 23.2. The Morgan fingerprint density at radius 1 is 0.625 bits per heavy atom. The average molecular weight is 817 g/mol. The van der Waals surface area contributed by atoms with Gasteiger partial charge in [0.1, 0.15) is 36.8 Å². The predicted molar refractivity (Wildman–Crippen MR) is 219 cm³/mol. The van der Waals surface area contributed by atoms with Gasteiger partial charge in [0.2, 0.25) is 0 Å². The Morgan fingerprint density at radius 3 is 1.68 bits per heavy atom. The minimum atomic E-state index is -4.60. The summed E-state index contributed by atoms with van der Waals surface area (Å²) in [6.07, 6.45) is 27.6. The summed E-state index contributed by atoms with van der Waals surface area (Å²) in [5, 5.41) is 30.8. The van der Waals surface area contributed by atoms with Crippen LogP contribution in [0.3, 0.4) is 0 Å².